The lowest BCUT2D eigenvalue weighted by Gasteiger charge is -2.28. The molecule has 0 amide bonds. The van der Waals surface area contributed by atoms with Crippen LogP contribution in [0.1, 0.15) is 12.5 Å². The van der Waals surface area contributed by atoms with Crippen molar-refractivity contribution in [1.82, 2.24) is 24.6 Å². The number of carboxylic acids is 1. The second kappa shape index (κ2) is 12.2. The Labute approximate surface area is 204 Å². The molecule has 2 N–H and O–H groups in total. The molecular weight excluding hydrogens is 481 g/mol. The van der Waals surface area contributed by atoms with Crippen LogP contribution in [0, 0.1) is 11.8 Å². The van der Waals surface area contributed by atoms with Gasteiger partial charge in [0.05, 0.1) is 19.3 Å². The van der Waals surface area contributed by atoms with E-state index in [1.807, 2.05) is 34.9 Å². The summed E-state index contributed by atoms with van der Waals surface area (Å²) in [6.07, 6.45) is -3.45. The number of rotatable bonds is 6. The average molecular weight is 506 g/mol. The first-order valence-electron chi connectivity index (χ1n) is 11.0. The van der Waals surface area contributed by atoms with Crippen molar-refractivity contribution in [1.29, 1.82) is 0 Å². The van der Waals surface area contributed by atoms with Crippen molar-refractivity contribution in [3.63, 3.8) is 0 Å². The van der Waals surface area contributed by atoms with Crippen molar-refractivity contribution in [3.8, 4) is 11.8 Å². The number of carbonyl (C=O) groups is 1. The Balaban J connectivity index is 0.000000454. The molecule has 0 atom stereocenters. The summed E-state index contributed by atoms with van der Waals surface area (Å²) in [4.78, 5) is 28.9. The maximum absolute atomic E-state index is 13.1. The molecule has 0 bridgehead atoms. The highest BCUT2D eigenvalue weighted by molar-refractivity contribution is 5.77. The number of hydrogen-bond acceptors (Lipinski definition) is 7. The molecule has 192 valence electrons. The van der Waals surface area contributed by atoms with Gasteiger partial charge in [-0.2, -0.15) is 18.3 Å². The summed E-state index contributed by atoms with van der Waals surface area (Å²) in [5.41, 5.74) is 1.92. The van der Waals surface area contributed by atoms with Gasteiger partial charge in [-0.05, 0) is 12.5 Å². The minimum absolute atomic E-state index is 0.0806. The molecule has 0 saturated carbocycles. The SMILES string of the molecule is CC#CCn1c(N2CCNCC2)nc2cnn(COCc3ccccc3)c(=O)c21.O=C(O)C(F)(F)F. The molecule has 0 unspecified atom stereocenters. The third-order valence-corrected chi connectivity index (χ3v) is 5.11. The van der Waals surface area contributed by atoms with Gasteiger partial charge in [-0.3, -0.25) is 9.36 Å². The van der Waals surface area contributed by atoms with Crippen LogP contribution in [-0.4, -0.2) is 62.8 Å². The number of nitrogens with zero attached hydrogens (tertiary/aromatic N) is 5. The smallest absolute Gasteiger partial charge is 0.475 e. The molecule has 1 saturated heterocycles. The van der Waals surface area contributed by atoms with Gasteiger partial charge in [0.1, 0.15) is 17.8 Å². The van der Waals surface area contributed by atoms with Gasteiger partial charge in [0.25, 0.3) is 5.56 Å². The van der Waals surface area contributed by atoms with Crippen LogP contribution >= 0.6 is 0 Å². The van der Waals surface area contributed by atoms with Gasteiger partial charge in [-0.15, -0.1) is 5.92 Å². The van der Waals surface area contributed by atoms with E-state index in [2.05, 4.69) is 27.2 Å². The molecular formula is C23H25F3N6O4. The number of carboxylic acid groups (broad SMARTS) is 1. The van der Waals surface area contributed by atoms with Gasteiger partial charge in [-0.25, -0.2) is 14.5 Å². The van der Waals surface area contributed by atoms with Crippen LogP contribution in [0.3, 0.4) is 0 Å². The summed E-state index contributed by atoms with van der Waals surface area (Å²) in [7, 11) is 0. The number of aromatic nitrogens is 4. The van der Waals surface area contributed by atoms with E-state index in [0.717, 1.165) is 37.7 Å². The first-order chi connectivity index (χ1) is 17.2. The third kappa shape index (κ3) is 6.83. The molecule has 0 aliphatic carbocycles. The highest BCUT2D eigenvalue weighted by Gasteiger charge is 2.38. The van der Waals surface area contributed by atoms with Crippen LogP contribution in [0.25, 0.3) is 11.0 Å². The summed E-state index contributed by atoms with van der Waals surface area (Å²) in [6.45, 7) is 6.15. The van der Waals surface area contributed by atoms with Crippen molar-refractivity contribution in [2.75, 3.05) is 31.1 Å². The fourth-order valence-electron chi connectivity index (χ4n) is 3.40. The minimum Gasteiger partial charge on any atom is -0.475 e. The molecule has 0 radical (unpaired) electrons. The van der Waals surface area contributed by atoms with Crippen molar-refractivity contribution in [2.24, 2.45) is 0 Å². The summed E-state index contributed by atoms with van der Waals surface area (Å²) in [5, 5.41) is 14.7. The summed E-state index contributed by atoms with van der Waals surface area (Å²) in [5.74, 6) is 3.99. The second-order valence-electron chi connectivity index (χ2n) is 7.61. The molecule has 3 aromatic rings. The number of ether oxygens (including phenoxy) is 1. The molecule has 13 heteroatoms. The molecule has 1 fully saturated rings. The number of fused-ring (bicyclic) bond motifs is 1. The summed E-state index contributed by atoms with van der Waals surface area (Å²) >= 11 is 0. The number of hydrogen-bond donors (Lipinski definition) is 2. The Kier molecular flexibility index (Phi) is 9.04. The molecule has 1 aromatic carbocycles. The standard InChI is InChI=1S/C21H24N6O2.C2HF3O2/c1-2-3-11-26-19-18(24-21(26)25-12-9-22-10-13-25)14-23-27(20(19)28)16-29-15-17-7-5-4-6-8-17;3-2(4,5)1(6)7/h4-8,14,22H,9-13,15-16H2,1H3;(H,6,7). The molecule has 0 spiro atoms. The molecule has 3 heterocycles. The van der Waals surface area contributed by atoms with Crippen molar-refractivity contribution < 1.29 is 27.8 Å². The van der Waals surface area contributed by atoms with Crippen molar-refractivity contribution in [2.45, 2.75) is 33.0 Å². The fraction of sp³-hybridized carbons (Fsp3) is 0.391. The van der Waals surface area contributed by atoms with Crippen LogP contribution in [0.5, 0.6) is 0 Å². The Morgan fingerprint density at radius 1 is 1.22 bits per heavy atom. The lowest BCUT2D eigenvalue weighted by atomic mass is 10.2. The average Bonchev–Trinajstić information content (AvgIpc) is 3.24. The van der Waals surface area contributed by atoms with Gasteiger partial charge in [0.15, 0.2) is 0 Å². The van der Waals surface area contributed by atoms with E-state index in [-0.39, 0.29) is 12.3 Å². The highest BCUT2D eigenvalue weighted by atomic mass is 19.4. The molecule has 10 nitrogen and oxygen atoms in total. The normalized spacial score (nSPS) is 13.5. The quantitative estimate of drug-likeness (QED) is 0.487. The van der Waals surface area contributed by atoms with E-state index in [4.69, 9.17) is 19.6 Å². The molecule has 2 aromatic heterocycles. The lowest BCUT2D eigenvalue weighted by Crippen LogP contribution is -2.44. The van der Waals surface area contributed by atoms with Crippen LogP contribution in [0.2, 0.25) is 0 Å². The van der Waals surface area contributed by atoms with E-state index in [9.17, 15) is 18.0 Å². The van der Waals surface area contributed by atoms with E-state index in [1.54, 1.807) is 13.1 Å². The molecule has 1 aliphatic heterocycles. The molecule has 1 aliphatic rings. The maximum atomic E-state index is 13.1. The van der Waals surface area contributed by atoms with E-state index in [1.165, 1.54) is 4.68 Å². The van der Waals surface area contributed by atoms with Gasteiger partial charge in [0.2, 0.25) is 5.95 Å². The zero-order chi connectivity index (χ0) is 26.1. The highest BCUT2D eigenvalue weighted by Crippen LogP contribution is 2.20. The number of alkyl halides is 3. The zero-order valence-corrected chi connectivity index (χ0v) is 19.5. The topological polar surface area (TPSA) is 115 Å². The number of aliphatic carboxylic acids is 1. The monoisotopic (exact) mass is 506 g/mol. The first kappa shape index (κ1) is 26.7. The number of nitrogens with one attached hydrogen (secondary N) is 1. The first-order valence-corrected chi connectivity index (χ1v) is 11.0. The van der Waals surface area contributed by atoms with Crippen LogP contribution in [0.15, 0.2) is 41.3 Å². The van der Waals surface area contributed by atoms with Crippen LogP contribution in [0.4, 0.5) is 19.1 Å². The van der Waals surface area contributed by atoms with Gasteiger partial charge < -0.3 is 20.1 Å². The summed E-state index contributed by atoms with van der Waals surface area (Å²) < 4.78 is 40.7. The predicted octanol–water partition coefficient (Wildman–Crippen LogP) is 1.83. The van der Waals surface area contributed by atoms with Crippen molar-refractivity contribution in [3.05, 3.63) is 52.4 Å². The second-order valence-corrected chi connectivity index (χ2v) is 7.61. The largest absolute Gasteiger partial charge is 0.490 e. The van der Waals surface area contributed by atoms with Crippen molar-refractivity contribution >= 4 is 23.0 Å². The Bertz CT molecular complexity index is 1290. The number of halogens is 3. The number of benzene rings is 1. The van der Waals surface area contributed by atoms with Gasteiger partial charge in [0, 0.05) is 26.2 Å². The lowest BCUT2D eigenvalue weighted by molar-refractivity contribution is -0.192. The van der Waals surface area contributed by atoms with E-state index >= 15 is 0 Å². The van der Waals surface area contributed by atoms with Crippen LogP contribution < -0.4 is 15.8 Å². The zero-order valence-electron chi connectivity index (χ0n) is 19.5. The van der Waals surface area contributed by atoms with Gasteiger partial charge >= 0.3 is 12.1 Å². The van der Waals surface area contributed by atoms with E-state index < -0.39 is 12.1 Å². The Morgan fingerprint density at radius 2 is 1.89 bits per heavy atom. The number of piperazine rings is 1. The molecule has 36 heavy (non-hydrogen) atoms. The van der Waals surface area contributed by atoms with Crippen LogP contribution in [-0.2, 0) is 29.4 Å². The van der Waals surface area contributed by atoms with Gasteiger partial charge in [-0.1, -0.05) is 36.3 Å². The number of imidazole rings is 1. The molecule has 4 rings (SSSR count). The Morgan fingerprint density at radius 3 is 2.50 bits per heavy atom. The third-order valence-electron chi connectivity index (χ3n) is 5.11. The fourth-order valence-corrected chi connectivity index (χ4v) is 3.40. The maximum Gasteiger partial charge on any atom is 0.490 e. The summed E-state index contributed by atoms with van der Waals surface area (Å²) in [6, 6.07) is 9.84. The predicted molar refractivity (Wildman–Crippen MR) is 125 cm³/mol. The number of anilines is 1. The van der Waals surface area contributed by atoms with E-state index in [0.29, 0.717) is 24.2 Å². The Hall–Kier alpha value is -3.89. The minimum atomic E-state index is -5.08.